The van der Waals surface area contributed by atoms with E-state index < -0.39 is 23.5 Å². The van der Waals surface area contributed by atoms with Crippen LogP contribution in [0.5, 0.6) is 0 Å². The highest BCUT2D eigenvalue weighted by atomic mass is 16.5. The lowest BCUT2D eigenvalue weighted by Gasteiger charge is -2.31. The number of nitrogens with one attached hydrogen (secondary N) is 1. The van der Waals surface area contributed by atoms with E-state index in [-0.39, 0.29) is 25.6 Å². The lowest BCUT2D eigenvalue weighted by Crippen LogP contribution is -2.47. The standard InChI is InChI=1S/C25H26N2O5/c1-25(15-27(31)24(30)18-8-3-2-4-9-18)16-32-21(22(25)28)14-26-23(29)20-12-11-17-7-5-6-10-19(17)13-20/h2-13,21-22,28,31H,14-16H2,1H3,(H,26,29)/t21-,22-,25-/m1/s1. The van der Waals surface area contributed by atoms with Gasteiger partial charge in [0.05, 0.1) is 19.3 Å². The molecule has 32 heavy (non-hydrogen) atoms. The number of hydrogen-bond donors (Lipinski definition) is 3. The highest BCUT2D eigenvalue weighted by Gasteiger charge is 2.47. The van der Waals surface area contributed by atoms with E-state index in [9.17, 15) is 19.9 Å². The Balaban J connectivity index is 1.35. The van der Waals surface area contributed by atoms with Gasteiger partial charge in [0, 0.05) is 23.1 Å². The second kappa shape index (κ2) is 9.08. The van der Waals surface area contributed by atoms with Gasteiger partial charge in [0.2, 0.25) is 0 Å². The fourth-order valence-electron chi connectivity index (χ4n) is 4.00. The molecule has 1 aliphatic heterocycles. The van der Waals surface area contributed by atoms with Crippen molar-refractivity contribution in [2.45, 2.75) is 19.1 Å². The van der Waals surface area contributed by atoms with E-state index in [0.29, 0.717) is 16.2 Å². The topological polar surface area (TPSA) is 99.1 Å². The number of benzene rings is 3. The van der Waals surface area contributed by atoms with Gasteiger partial charge in [-0.3, -0.25) is 14.8 Å². The average Bonchev–Trinajstić information content (AvgIpc) is 3.10. The van der Waals surface area contributed by atoms with Crippen LogP contribution in [0.25, 0.3) is 10.8 Å². The molecule has 4 rings (SSSR count). The number of aliphatic hydroxyl groups excluding tert-OH is 1. The second-order valence-electron chi connectivity index (χ2n) is 8.45. The van der Waals surface area contributed by atoms with E-state index in [1.807, 2.05) is 36.4 Å². The highest BCUT2D eigenvalue weighted by molar-refractivity contribution is 5.98. The molecule has 0 aromatic heterocycles. The van der Waals surface area contributed by atoms with Crippen molar-refractivity contribution in [2.24, 2.45) is 5.41 Å². The third-order valence-electron chi connectivity index (χ3n) is 5.93. The molecule has 1 aliphatic rings. The molecule has 1 saturated heterocycles. The largest absolute Gasteiger partial charge is 0.390 e. The number of amides is 2. The van der Waals surface area contributed by atoms with Crippen LogP contribution in [0.1, 0.15) is 27.6 Å². The van der Waals surface area contributed by atoms with Gasteiger partial charge in [-0.2, -0.15) is 0 Å². The first-order valence-corrected chi connectivity index (χ1v) is 10.5. The molecule has 3 aromatic carbocycles. The molecule has 0 bridgehead atoms. The lowest BCUT2D eigenvalue weighted by atomic mass is 9.84. The van der Waals surface area contributed by atoms with Crippen molar-refractivity contribution in [1.29, 1.82) is 0 Å². The minimum absolute atomic E-state index is 0.100. The molecular weight excluding hydrogens is 408 g/mol. The molecule has 1 fully saturated rings. The molecule has 7 nitrogen and oxygen atoms in total. The second-order valence-corrected chi connectivity index (χ2v) is 8.45. The van der Waals surface area contributed by atoms with Crippen molar-refractivity contribution in [3.63, 3.8) is 0 Å². The molecule has 3 atom stereocenters. The first-order valence-electron chi connectivity index (χ1n) is 10.5. The summed E-state index contributed by atoms with van der Waals surface area (Å²) in [6.45, 7) is 1.89. The van der Waals surface area contributed by atoms with E-state index in [1.165, 1.54) is 0 Å². The van der Waals surface area contributed by atoms with Gasteiger partial charge in [0.1, 0.15) is 6.10 Å². The predicted octanol–water partition coefficient (Wildman–Crippen LogP) is 2.87. The molecule has 3 N–H and O–H groups in total. The average molecular weight is 434 g/mol. The predicted molar refractivity (Wildman–Crippen MR) is 119 cm³/mol. The first kappa shape index (κ1) is 22.0. The summed E-state index contributed by atoms with van der Waals surface area (Å²) < 4.78 is 5.71. The van der Waals surface area contributed by atoms with E-state index in [1.54, 1.807) is 43.3 Å². The van der Waals surface area contributed by atoms with Crippen molar-refractivity contribution in [3.05, 3.63) is 83.9 Å². The number of ether oxygens (including phenoxy) is 1. The summed E-state index contributed by atoms with van der Waals surface area (Å²) in [6, 6.07) is 21.7. The Labute approximate surface area is 186 Å². The number of rotatable bonds is 6. The Morgan fingerprint density at radius 3 is 2.47 bits per heavy atom. The molecule has 1 heterocycles. The maximum absolute atomic E-state index is 12.6. The minimum atomic E-state index is -0.974. The molecular formula is C25H26N2O5. The van der Waals surface area contributed by atoms with Gasteiger partial charge in [-0.15, -0.1) is 0 Å². The maximum atomic E-state index is 12.6. The van der Waals surface area contributed by atoms with Crippen LogP contribution >= 0.6 is 0 Å². The Morgan fingerprint density at radius 1 is 1.03 bits per heavy atom. The fourth-order valence-corrected chi connectivity index (χ4v) is 4.00. The normalized spacial score (nSPS) is 22.6. The third kappa shape index (κ3) is 4.50. The number of carbonyl (C=O) groups excluding carboxylic acids is 2. The van der Waals surface area contributed by atoms with Gasteiger partial charge in [0.15, 0.2) is 0 Å². The monoisotopic (exact) mass is 434 g/mol. The zero-order chi connectivity index (χ0) is 22.7. The van der Waals surface area contributed by atoms with Gasteiger partial charge in [-0.25, -0.2) is 5.06 Å². The number of carbonyl (C=O) groups is 2. The van der Waals surface area contributed by atoms with Crippen LogP contribution in [0.3, 0.4) is 0 Å². The van der Waals surface area contributed by atoms with Crippen LogP contribution in [0.4, 0.5) is 0 Å². The van der Waals surface area contributed by atoms with Crippen molar-refractivity contribution in [3.8, 4) is 0 Å². The summed E-state index contributed by atoms with van der Waals surface area (Å²) in [6.07, 6.45) is -1.62. The molecule has 0 aliphatic carbocycles. The van der Waals surface area contributed by atoms with E-state index in [4.69, 9.17) is 4.74 Å². The van der Waals surface area contributed by atoms with Crippen molar-refractivity contribution >= 4 is 22.6 Å². The Bertz CT molecular complexity index is 1120. The van der Waals surface area contributed by atoms with Gasteiger partial charge in [-0.05, 0) is 35.0 Å². The molecule has 0 saturated carbocycles. The van der Waals surface area contributed by atoms with Crippen molar-refractivity contribution < 1.29 is 24.6 Å². The van der Waals surface area contributed by atoms with Gasteiger partial charge >= 0.3 is 0 Å². The van der Waals surface area contributed by atoms with E-state index in [0.717, 1.165) is 10.8 Å². The molecule has 7 heteroatoms. The summed E-state index contributed by atoms with van der Waals surface area (Å²) in [5.74, 6) is -0.810. The van der Waals surface area contributed by atoms with E-state index in [2.05, 4.69) is 5.32 Å². The molecule has 0 radical (unpaired) electrons. The molecule has 0 spiro atoms. The van der Waals surface area contributed by atoms with Gasteiger partial charge < -0.3 is 15.2 Å². The Hall–Kier alpha value is -3.26. The molecule has 2 amide bonds. The summed E-state index contributed by atoms with van der Waals surface area (Å²) in [4.78, 5) is 25.0. The number of aliphatic hydroxyl groups is 1. The zero-order valence-electron chi connectivity index (χ0n) is 17.8. The summed E-state index contributed by atoms with van der Waals surface area (Å²) in [5.41, 5.74) is -0.00231. The third-order valence-corrected chi connectivity index (χ3v) is 5.93. The first-order chi connectivity index (χ1) is 15.4. The van der Waals surface area contributed by atoms with Crippen LogP contribution in [0, 0.1) is 5.41 Å². The number of hydrogen-bond acceptors (Lipinski definition) is 5. The van der Waals surface area contributed by atoms with Crippen LogP contribution in [0.15, 0.2) is 72.8 Å². The Kier molecular flexibility index (Phi) is 6.23. The number of nitrogens with zero attached hydrogens (tertiary/aromatic N) is 1. The van der Waals surface area contributed by atoms with Gasteiger partial charge in [0.25, 0.3) is 11.8 Å². The lowest BCUT2D eigenvalue weighted by molar-refractivity contribution is -0.0940. The highest BCUT2D eigenvalue weighted by Crippen LogP contribution is 2.33. The van der Waals surface area contributed by atoms with Crippen LogP contribution < -0.4 is 5.32 Å². The smallest absolute Gasteiger partial charge is 0.277 e. The summed E-state index contributed by atoms with van der Waals surface area (Å²) in [5, 5.41) is 26.5. The van der Waals surface area contributed by atoms with Crippen LogP contribution in [-0.2, 0) is 4.74 Å². The van der Waals surface area contributed by atoms with Crippen LogP contribution in [0.2, 0.25) is 0 Å². The zero-order valence-corrected chi connectivity index (χ0v) is 17.8. The Morgan fingerprint density at radius 2 is 1.72 bits per heavy atom. The van der Waals surface area contributed by atoms with Crippen molar-refractivity contribution in [1.82, 2.24) is 10.4 Å². The SMILES string of the molecule is C[C@@]1(CN(O)C(=O)c2ccccc2)CO[C@H](CNC(=O)c2ccc3ccccc3c2)[C@H]1O. The summed E-state index contributed by atoms with van der Waals surface area (Å²) >= 11 is 0. The number of fused-ring (bicyclic) bond motifs is 1. The van der Waals surface area contributed by atoms with Crippen LogP contribution in [-0.4, -0.2) is 59.1 Å². The molecule has 166 valence electrons. The summed E-state index contributed by atoms with van der Waals surface area (Å²) in [7, 11) is 0. The maximum Gasteiger partial charge on any atom is 0.277 e. The van der Waals surface area contributed by atoms with Crippen molar-refractivity contribution in [2.75, 3.05) is 19.7 Å². The quantitative estimate of drug-likeness (QED) is 0.409. The molecule has 3 aromatic rings. The van der Waals surface area contributed by atoms with Gasteiger partial charge in [-0.1, -0.05) is 55.5 Å². The fraction of sp³-hybridized carbons (Fsp3) is 0.280. The minimum Gasteiger partial charge on any atom is -0.390 e. The van der Waals surface area contributed by atoms with E-state index >= 15 is 0 Å². The molecule has 0 unspecified atom stereocenters. The number of hydroxylamine groups is 2.